The zero-order chi connectivity index (χ0) is 11.0. The number of hydrogen-bond acceptors (Lipinski definition) is 2. The summed E-state index contributed by atoms with van der Waals surface area (Å²) in [5, 5.41) is 0. The van der Waals surface area contributed by atoms with Gasteiger partial charge in [0.1, 0.15) is 0 Å². The van der Waals surface area contributed by atoms with Gasteiger partial charge in [-0.25, -0.2) is 4.98 Å². The van der Waals surface area contributed by atoms with Gasteiger partial charge in [0.25, 0.3) is 0 Å². The monoisotopic (exact) mass is 212 g/mol. The maximum Gasteiger partial charge on any atom is 0.165 e. The van der Waals surface area contributed by atoms with Crippen LogP contribution in [0, 0.1) is 5.92 Å². The maximum absolute atomic E-state index is 11.8. The van der Waals surface area contributed by atoms with E-state index in [0.29, 0.717) is 5.92 Å². The van der Waals surface area contributed by atoms with Gasteiger partial charge in [-0.2, -0.15) is 0 Å². The molecule has 1 aliphatic rings. The molecule has 0 amide bonds. The van der Waals surface area contributed by atoms with Crippen LogP contribution in [0.2, 0.25) is 0 Å². The number of ketones is 1. The number of imidazole rings is 1. The highest BCUT2D eigenvalue weighted by atomic mass is 16.1. The molecule has 0 radical (unpaired) electrons. The molecule has 0 N–H and O–H groups in total. The normalized spacial score (nSPS) is 15.0. The fraction of sp³-hybridized carbons (Fsp3) is 0.231. The van der Waals surface area contributed by atoms with E-state index in [9.17, 15) is 4.79 Å². The Hall–Kier alpha value is -1.90. The number of carbonyl (C=O) groups is 1. The summed E-state index contributed by atoms with van der Waals surface area (Å²) in [5.41, 5.74) is 1.86. The van der Waals surface area contributed by atoms with Crippen molar-refractivity contribution in [1.82, 2.24) is 9.55 Å². The number of carbonyl (C=O) groups excluding carboxylic acids is 1. The largest absolute Gasteiger partial charge is 0.306 e. The maximum atomic E-state index is 11.8. The van der Waals surface area contributed by atoms with Crippen LogP contribution in [0.3, 0.4) is 0 Å². The van der Waals surface area contributed by atoms with Crippen molar-refractivity contribution in [3.8, 4) is 5.69 Å². The first kappa shape index (κ1) is 9.33. The van der Waals surface area contributed by atoms with Crippen LogP contribution in [0.15, 0.2) is 43.0 Å². The second-order valence-corrected chi connectivity index (χ2v) is 4.16. The van der Waals surface area contributed by atoms with Gasteiger partial charge >= 0.3 is 0 Å². The van der Waals surface area contributed by atoms with Gasteiger partial charge in [-0.3, -0.25) is 4.79 Å². The lowest BCUT2D eigenvalue weighted by Gasteiger charge is -2.03. The number of rotatable bonds is 3. The number of aromatic nitrogens is 2. The number of nitrogens with zero attached hydrogens (tertiary/aromatic N) is 2. The van der Waals surface area contributed by atoms with E-state index in [4.69, 9.17) is 0 Å². The van der Waals surface area contributed by atoms with Crippen molar-refractivity contribution >= 4 is 5.78 Å². The zero-order valence-corrected chi connectivity index (χ0v) is 8.84. The van der Waals surface area contributed by atoms with Gasteiger partial charge < -0.3 is 4.57 Å². The lowest BCUT2D eigenvalue weighted by atomic mass is 10.1. The zero-order valence-electron chi connectivity index (χ0n) is 8.84. The average Bonchev–Trinajstić information content (AvgIpc) is 3.04. The number of Topliss-reactive ketones (excluding diaryl/α,β-unsaturated/α-hetero) is 1. The van der Waals surface area contributed by atoms with Crippen LogP contribution >= 0.6 is 0 Å². The van der Waals surface area contributed by atoms with Gasteiger partial charge in [0.2, 0.25) is 0 Å². The smallest absolute Gasteiger partial charge is 0.165 e. The topological polar surface area (TPSA) is 34.9 Å². The van der Waals surface area contributed by atoms with Crippen LogP contribution < -0.4 is 0 Å². The number of hydrogen-bond donors (Lipinski definition) is 0. The van der Waals surface area contributed by atoms with Gasteiger partial charge in [-0.05, 0) is 37.1 Å². The summed E-state index contributed by atoms with van der Waals surface area (Å²) in [5.74, 6) is 0.580. The van der Waals surface area contributed by atoms with Gasteiger partial charge in [0.15, 0.2) is 5.78 Å². The van der Waals surface area contributed by atoms with E-state index < -0.39 is 0 Å². The van der Waals surface area contributed by atoms with E-state index >= 15 is 0 Å². The lowest BCUT2D eigenvalue weighted by molar-refractivity contribution is 0.0967. The summed E-state index contributed by atoms with van der Waals surface area (Å²) in [6.07, 6.45) is 7.49. The minimum atomic E-state index is 0.289. The Labute approximate surface area is 93.7 Å². The average molecular weight is 212 g/mol. The highest BCUT2D eigenvalue weighted by Crippen LogP contribution is 2.32. The van der Waals surface area contributed by atoms with Crippen molar-refractivity contribution in [3.05, 3.63) is 48.5 Å². The fourth-order valence-corrected chi connectivity index (χ4v) is 1.79. The molecule has 1 aromatic carbocycles. The first-order valence-electron chi connectivity index (χ1n) is 5.47. The van der Waals surface area contributed by atoms with Crippen LogP contribution in [0.1, 0.15) is 23.2 Å². The van der Waals surface area contributed by atoms with Crippen molar-refractivity contribution in [3.63, 3.8) is 0 Å². The molecule has 1 fully saturated rings. The van der Waals surface area contributed by atoms with Crippen molar-refractivity contribution in [2.45, 2.75) is 12.8 Å². The van der Waals surface area contributed by atoms with E-state index in [1.54, 1.807) is 12.5 Å². The Morgan fingerprint density at radius 3 is 2.56 bits per heavy atom. The fourth-order valence-electron chi connectivity index (χ4n) is 1.79. The van der Waals surface area contributed by atoms with E-state index in [1.165, 1.54) is 0 Å². The molecular formula is C13H12N2O. The Bertz CT molecular complexity index is 495. The predicted octanol–water partition coefficient (Wildman–Crippen LogP) is 2.47. The van der Waals surface area contributed by atoms with E-state index in [-0.39, 0.29) is 5.78 Å². The van der Waals surface area contributed by atoms with Crippen molar-refractivity contribution in [1.29, 1.82) is 0 Å². The third-order valence-electron chi connectivity index (χ3n) is 2.90. The van der Waals surface area contributed by atoms with E-state index in [2.05, 4.69) is 4.98 Å². The molecule has 80 valence electrons. The molecule has 0 unspecified atom stereocenters. The molecule has 3 rings (SSSR count). The molecule has 16 heavy (non-hydrogen) atoms. The van der Waals surface area contributed by atoms with Crippen LogP contribution in [0.5, 0.6) is 0 Å². The summed E-state index contributed by atoms with van der Waals surface area (Å²) >= 11 is 0. The molecule has 0 bridgehead atoms. The molecule has 3 heteroatoms. The first-order valence-corrected chi connectivity index (χ1v) is 5.47. The second-order valence-electron chi connectivity index (χ2n) is 4.16. The van der Waals surface area contributed by atoms with Gasteiger partial charge in [-0.15, -0.1) is 0 Å². The molecule has 0 saturated heterocycles. The van der Waals surface area contributed by atoms with Crippen LogP contribution in [-0.4, -0.2) is 15.3 Å². The van der Waals surface area contributed by atoms with Crippen molar-refractivity contribution in [2.75, 3.05) is 0 Å². The summed E-state index contributed by atoms with van der Waals surface area (Å²) in [6, 6.07) is 7.71. The summed E-state index contributed by atoms with van der Waals surface area (Å²) in [4.78, 5) is 15.8. The minimum absolute atomic E-state index is 0.289. The van der Waals surface area contributed by atoms with Crippen LogP contribution in [-0.2, 0) is 0 Å². The molecule has 1 aliphatic carbocycles. The van der Waals surface area contributed by atoms with Gasteiger partial charge in [0, 0.05) is 29.6 Å². The molecular weight excluding hydrogens is 200 g/mol. The van der Waals surface area contributed by atoms with E-state index in [1.807, 2.05) is 35.0 Å². The van der Waals surface area contributed by atoms with Crippen LogP contribution in [0.4, 0.5) is 0 Å². The summed E-state index contributed by atoms with van der Waals surface area (Å²) < 4.78 is 1.92. The molecule has 0 aliphatic heterocycles. The predicted molar refractivity (Wildman–Crippen MR) is 60.6 cm³/mol. The number of benzene rings is 1. The standard InChI is InChI=1S/C13H12N2O/c16-13(10-1-2-10)11-3-5-12(6-4-11)15-8-7-14-9-15/h3-10H,1-2H2. The highest BCUT2D eigenvalue weighted by Gasteiger charge is 2.30. The van der Waals surface area contributed by atoms with Gasteiger partial charge in [0.05, 0.1) is 6.33 Å². The highest BCUT2D eigenvalue weighted by molar-refractivity contribution is 5.99. The minimum Gasteiger partial charge on any atom is -0.306 e. The molecule has 0 atom stereocenters. The van der Waals surface area contributed by atoms with Crippen molar-refractivity contribution < 1.29 is 4.79 Å². The Balaban J connectivity index is 1.87. The van der Waals surface area contributed by atoms with Crippen LogP contribution in [0.25, 0.3) is 5.69 Å². The molecule has 1 saturated carbocycles. The molecule has 1 heterocycles. The molecule has 1 aromatic heterocycles. The third kappa shape index (κ3) is 1.65. The van der Waals surface area contributed by atoms with E-state index in [0.717, 1.165) is 24.1 Å². The quantitative estimate of drug-likeness (QED) is 0.732. The molecule has 0 spiro atoms. The SMILES string of the molecule is O=C(c1ccc(-n2ccnc2)cc1)C1CC1. The lowest BCUT2D eigenvalue weighted by Crippen LogP contribution is -2.01. The summed E-state index contributed by atoms with van der Waals surface area (Å²) in [6.45, 7) is 0. The Morgan fingerprint density at radius 2 is 2.00 bits per heavy atom. The Kier molecular flexibility index (Phi) is 2.10. The molecule has 3 nitrogen and oxygen atoms in total. The summed E-state index contributed by atoms with van der Waals surface area (Å²) in [7, 11) is 0. The Morgan fingerprint density at radius 1 is 1.25 bits per heavy atom. The first-order chi connectivity index (χ1) is 7.84. The second kappa shape index (κ2) is 3.59. The van der Waals surface area contributed by atoms with Gasteiger partial charge in [-0.1, -0.05) is 0 Å². The van der Waals surface area contributed by atoms with Crippen molar-refractivity contribution in [2.24, 2.45) is 5.92 Å². The molecule has 2 aromatic rings. The third-order valence-corrected chi connectivity index (χ3v) is 2.90.